The first kappa shape index (κ1) is 9.26. The fraction of sp³-hybridized carbons (Fsp3) is 0.222. The summed E-state index contributed by atoms with van der Waals surface area (Å²) in [5.74, 6) is 0.272. The fourth-order valence-corrected chi connectivity index (χ4v) is 0.965. The normalized spacial score (nSPS) is 10.9. The highest BCUT2D eigenvalue weighted by atomic mass is 32.1. The van der Waals surface area contributed by atoms with Crippen LogP contribution in [0, 0.1) is 12.9 Å². The highest BCUT2D eigenvalue weighted by Crippen LogP contribution is 2.07. The van der Waals surface area contributed by atoms with E-state index >= 15 is 0 Å². The van der Waals surface area contributed by atoms with Crippen LogP contribution >= 0.6 is 12.6 Å². The molecule has 0 aliphatic carbocycles. The van der Waals surface area contributed by atoms with Crippen LogP contribution in [0.25, 0.3) is 6.08 Å². The fourth-order valence-electron chi connectivity index (χ4n) is 0.860. The smallest absolute Gasteiger partial charge is 0.215 e. The molecule has 0 aliphatic heterocycles. The largest absolute Gasteiger partial charge is 0.227 e. The van der Waals surface area contributed by atoms with E-state index in [0.29, 0.717) is 11.3 Å². The number of rotatable bonds is 2. The lowest BCUT2D eigenvalue weighted by Crippen LogP contribution is -1.88. The molecule has 0 N–H and O–H groups in total. The van der Waals surface area contributed by atoms with E-state index in [0.717, 1.165) is 5.56 Å². The van der Waals surface area contributed by atoms with Crippen LogP contribution in [-0.4, -0.2) is 10.7 Å². The third kappa shape index (κ3) is 2.34. The minimum atomic E-state index is -0.405. The molecule has 1 aromatic rings. The number of thiol groups is 1. The van der Waals surface area contributed by atoms with Crippen molar-refractivity contribution in [2.45, 2.75) is 6.92 Å². The van der Waals surface area contributed by atoms with Crippen molar-refractivity contribution in [1.29, 1.82) is 0 Å². The van der Waals surface area contributed by atoms with Crippen molar-refractivity contribution in [2.75, 3.05) is 5.75 Å². The SMILES string of the molecule is Cc1cc(C=CCS)cnc1F. The van der Waals surface area contributed by atoms with Gasteiger partial charge in [-0.2, -0.15) is 17.0 Å². The molecule has 0 aliphatic rings. The highest BCUT2D eigenvalue weighted by Gasteiger charge is 1.96. The summed E-state index contributed by atoms with van der Waals surface area (Å²) < 4.78 is 12.7. The van der Waals surface area contributed by atoms with Crippen molar-refractivity contribution < 1.29 is 4.39 Å². The Morgan fingerprint density at radius 1 is 1.67 bits per heavy atom. The Balaban J connectivity index is 2.89. The van der Waals surface area contributed by atoms with Crippen molar-refractivity contribution in [3.63, 3.8) is 0 Å². The zero-order valence-corrected chi connectivity index (χ0v) is 7.68. The Hall–Kier alpha value is -0.830. The summed E-state index contributed by atoms with van der Waals surface area (Å²) >= 11 is 4.02. The standard InChI is InChI=1S/C9H10FNS/c1-7-5-8(3-2-4-12)6-11-9(7)10/h2-3,5-6,12H,4H2,1H3. The summed E-state index contributed by atoms with van der Waals surface area (Å²) in [6, 6.07) is 1.75. The van der Waals surface area contributed by atoms with Gasteiger partial charge >= 0.3 is 0 Å². The van der Waals surface area contributed by atoms with Crippen LogP contribution in [0.1, 0.15) is 11.1 Å². The van der Waals surface area contributed by atoms with Gasteiger partial charge in [0.15, 0.2) is 0 Å². The number of hydrogen-bond acceptors (Lipinski definition) is 2. The van der Waals surface area contributed by atoms with Gasteiger partial charge in [0.05, 0.1) is 0 Å². The van der Waals surface area contributed by atoms with Crippen LogP contribution in [-0.2, 0) is 0 Å². The van der Waals surface area contributed by atoms with Gasteiger partial charge in [0.2, 0.25) is 5.95 Å². The van der Waals surface area contributed by atoms with Crippen LogP contribution in [0.15, 0.2) is 18.3 Å². The molecule has 0 amide bonds. The second-order valence-electron chi connectivity index (χ2n) is 2.46. The van der Waals surface area contributed by atoms with Crippen molar-refractivity contribution in [3.8, 4) is 0 Å². The Bertz CT molecular complexity index is 297. The van der Waals surface area contributed by atoms with E-state index in [1.807, 2.05) is 12.2 Å². The lowest BCUT2D eigenvalue weighted by molar-refractivity contribution is 0.574. The van der Waals surface area contributed by atoms with E-state index in [4.69, 9.17) is 0 Å². The van der Waals surface area contributed by atoms with Gasteiger partial charge in [-0.3, -0.25) is 0 Å². The zero-order valence-electron chi connectivity index (χ0n) is 6.79. The van der Waals surface area contributed by atoms with Crippen LogP contribution in [0.3, 0.4) is 0 Å². The van der Waals surface area contributed by atoms with Gasteiger partial charge in [-0.15, -0.1) is 0 Å². The van der Waals surface area contributed by atoms with Gasteiger partial charge in [0, 0.05) is 17.5 Å². The molecule has 1 heterocycles. The van der Waals surface area contributed by atoms with E-state index in [-0.39, 0.29) is 0 Å². The molecule has 1 nitrogen and oxygen atoms in total. The molecule has 1 aromatic heterocycles. The molecule has 0 bridgehead atoms. The Morgan fingerprint density at radius 2 is 2.42 bits per heavy atom. The Kier molecular flexibility index (Phi) is 3.29. The molecule has 0 saturated heterocycles. The predicted molar refractivity (Wildman–Crippen MR) is 51.8 cm³/mol. The number of nitrogens with zero attached hydrogens (tertiary/aromatic N) is 1. The quantitative estimate of drug-likeness (QED) is 0.549. The number of halogens is 1. The van der Waals surface area contributed by atoms with E-state index in [1.54, 1.807) is 13.0 Å². The molecule has 3 heteroatoms. The van der Waals surface area contributed by atoms with Crippen molar-refractivity contribution >= 4 is 18.7 Å². The minimum Gasteiger partial charge on any atom is -0.227 e. The predicted octanol–water partition coefficient (Wildman–Crippen LogP) is 2.47. The first-order valence-electron chi connectivity index (χ1n) is 3.63. The van der Waals surface area contributed by atoms with E-state index in [2.05, 4.69) is 17.6 Å². The maximum Gasteiger partial charge on any atom is 0.215 e. The summed E-state index contributed by atoms with van der Waals surface area (Å²) in [5, 5.41) is 0. The summed E-state index contributed by atoms with van der Waals surface area (Å²) in [7, 11) is 0. The molecule has 0 unspecified atom stereocenters. The number of hydrogen-bond donors (Lipinski definition) is 1. The average molecular weight is 183 g/mol. The molecule has 1 rings (SSSR count). The van der Waals surface area contributed by atoms with Crippen LogP contribution in [0.5, 0.6) is 0 Å². The zero-order chi connectivity index (χ0) is 8.97. The molecular weight excluding hydrogens is 173 g/mol. The second kappa shape index (κ2) is 4.26. The lowest BCUT2D eigenvalue weighted by atomic mass is 10.2. The Morgan fingerprint density at radius 3 is 3.00 bits per heavy atom. The summed E-state index contributed by atoms with van der Waals surface area (Å²) in [5.41, 5.74) is 1.47. The molecule has 0 spiro atoms. The highest BCUT2D eigenvalue weighted by molar-refractivity contribution is 7.80. The molecule has 64 valence electrons. The van der Waals surface area contributed by atoms with Gasteiger partial charge in [0.1, 0.15) is 0 Å². The molecule has 0 aromatic carbocycles. The monoisotopic (exact) mass is 183 g/mol. The maximum atomic E-state index is 12.7. The van der Waals surface area contributed by atoms with Gasteiger partial charge in [-0.25, -0.2) is 4.98 Å². The third-order valence-corrected chi connectivity index (χ3v) is 1.66. The molecule has 0 fully saturated rings. The minimum absolute atomic E-state index is 0.405. The van der Waals surface area contributed by atoms with Gasteiger partial charge < -0.3 is 0 Å². The maximum absolute atomic E-state index is 12.7. The van der Waals surface area contributed by atoms with Gasteiger partial charge in [-0.05, 0) is 18.6 Å². The van der Waals surface area contributed by atoms with Gasteiger partial charge in [-0.1, -0.05) is 12.2 Å². The second-order valence-corrected chi connectivity index (χ2v) is 2.83. The van der Waals surface area contributed by atoms with E-state index in [9.17, 15) is 4.39 Å². The lowest BCUT2D eigenvalue weighted by Gasteiger charge is -1.96. The van der Waals surface area contributed by atoms with Crippen LogP contribution < -0.4 is 0 Å². The summed E-state index contributed by atoms with van der Waals surface area (Å²) in [4.78, 5) is 3.59. The number of pyridine rings is 1. The number of aryl methyl sites for hydroxylation is 1. The molecule has 0 atom stereocenters. The molecule has 0 saturated carbocycles. The van der Waals surface area contributed by atoms with Crippen LogP contribution in [0.2, 0.25) is 0 Å². The molecule has 0 radical (unpaired) electrons. The first-order chi connectivity index (χ1) is 5.74. The molecule has 12 heavy (non-hydrogen) atoms. The Labute approximate surface area is 76.7 Å². The molecular formula is C9H10FNS. The van der Waals surface area contributed by atoms with E-state index in [1.165, 1.54) is 6.20 Å². The van der Waals surface area contributed by atoms with Gasteiger partial charge in [0.25, 0.3) is 0 Å². The topological polar surface area (TPSA) is 12.9 Å². The number of aromatic nitrogens is 1. The van der Waals surface area contributed by atoms with Crippen molar-refractivity contribution in [3.05, 3.63) is 35.4 Å². The average Bonchev–Trinajstić information content (AvgIpc) is 2.07. The first-order valence-corrected chi connectivity index (χ1v) is 4.27. The van der Waals surface area contributed by atoms with Crippen molar-refractivity contribution in [1.82, 2.24) is 4.98 Å². The third-order valence-electron chi connectivity index (χ3n) is 1.45. The van der Waals surface area contributed by atoms with Crippen molar-refractivity contribution in [2.24, 2.45) is 0 Å². The summed E-state index contributed by atoms with van der Waals surface area (Å²) in [6.45, 7) is 1.69. The van der Waals surface area contributed by atoms with E-state index < -0.39 is 5.95 Å². The van der Waals surface area contributed by atoms with Crippen LogP contribution in [0.4, 0.5) is 4.39 Å². The summed E-state index contributed by atoms with van der Waals surface area (Å²) in [6.07, 6.45) is 5.26.